The molecule has 0 aliphatic rings. The largest absolute Gasteiger partial charge is 0.310 e. The number of nitrogens with zero attached hydrogens (tertiary/aromatic N) is 1. The van der Waals surface area contributed by atoms with Crippen LogP contribution in [0.2, 0.25) is 5.02 Å². The summed E-state index contributed by atoms with van der Waals surface area (Å²) in [6.07, 6.45) is 3.37. The summed E-state index contributed by atoms with van der Waals surface area (Å²) < 4.78 is 14.0. The molecule has 1 N–H and O–H groups in total. The van der Waals surface area contributed by atoms with E-state index in [1.54, 1.807) is 12.1 Å². The van der Waals surface area contributed by atoms with E-state index in [-0.39, 0.29) is 11.9 Å². The van der Waals surface area contributed by atoms with Crippen molar-refractivity contribution in [1.82, 2.24) is 10.3 Å². The van der Waals surface area contributed by atoms with Gasteiger partial charge in [-0.2, -0.15) is 0 Å². The van der Waals surface area contributed by atoms with Gasteiger partial charge in [0.05, 0.1) is 0 Å². The molecule has 2 nitrogen and oxygen atoms in total. The van der Waals surface area contributed by atoms with Crippen LogP contribution < -0.4 is 5.32 Å². The van der Waals surface area contributed by atoms with Crippen LogP contribution in [0.25, 0.3) is 0 Å². The maximum atomic E-state index is 14.0. The van der Waals surface area contributed by atoms with Gasteiger partial charge in [-0.3, -0.25) is 4.98 Å². The molecule has 0 saturated heterocycles. The molecule has 2 rings (SSSR count). The minimum Gasteiger partial charge on any atom is -0.310 e. The number of benzene rings is 1. The highest BCUT2D eigenvalue weighted by Gasteiger charge is 2.16. The van der Waals surface area contributed by atoms with Crippen LogP contribution in [0.3, 0.4) is 0 Å². The molecule has 1 aromatic carbocycles. The lowest BCUT2D eigenvalue weighted by Gasteiger charge is -2.20. The first-order chi connectivity index (χ1) is 10.1. The SMILES string of the molecule is CCCNC(Cc1c(F)cccc1Cl)c1ccc(C)nc1. The average molecular weight is 307 g/mol. The van der Waals surface area contributed by atoms with Crippen molar-refractivity contribution in [2.24, 2.45) is 0 Å². The summed E-state index contributed by atoms with van der Waals surface area (Å²) in [5, 5.41) is 3.91. The summed E-state index contributed by atoms with van der Waals surface area (Å²) in [6.45, 7) is 4.92. The molecule has 0 saturated carbocycles. The number of halogens is 2. The number of aromatic nitrogens is 1. The summed E-state index contributed by atoms with van der Waals surface area (Å²) >= 11 is 6.14. The van der Waals surface area contributed by atoms with Gasteiger partial charge in [0.1, 0.15) is 5.82 Å². The number of rotatable bonds is 6. The summed E-state index contributed by atoms with van der Waals surface area (Å²) in [6, 6.07) is 8.81. The maximum Gasteiger partial charge on any atom is 0.127 e. The molecule has 0 aliphatic carbocycles. The molecule has 1 aromatic heterocycles. The highest BCUT2D eigenvalue weighted by Crippen LogP contribution is 2.25. The number of hydrogen-bond acceptors (Lipinski definition) is 2. The van der Waals surface area contributed by atoms with E-state index in [1.165, 1.54) is 6.07 Å². The monoisotopic (exact) mass is 306 g/mol. The molecule has 0 bridgehead atoms. The molecule has 1 atom stereocenters. The van der Waals surface area contributed by atoms with E-state index in [9.17, 15) is 4.39 Å². The summed E-state index contributed by atoms with van der Waals surface area (Å²) in [4.78, 5) is 4.33. The molecular formula is C17H20ClFN2. The molecule has 4 heteroatoms. The van der Waals surface area contributed by atoms with Crippen LogP contribution in [0.1, 0.15) is 36.2 Å². The van der Waals surface area contributed by atoms with Crippen molar-refractivity contribution in [3.8, 4) is 0 Å². The Balaban J connectivity index is 2.26. The third-order valence-corrected chi connectivity index (χ3v) is 3.80. The maximum absolute atomic E-state index is 14.0. The molecule has 0 fully saturated rings. The quantitative estimate of drug-likeness (QED) is 0.852. The topological polar surface area (TPSA) is 24.9 Å². The van der Waals surface area contributed by atoms with Gasteiger partial charge in [-0.1, -0.05) is 30.7 Å². The fourth-order valence-electron chi connectivity index (χ4n) is 2.24. The third kappa shape index (κ3) is 4.26. The van der Waals surface area contributed by atoms with Gasteiger partial charge in [0.25, 0.3) is 0 Å². The average Bonchev–Trinajstić information content (AvgIpc) is 2.47. The Bertz CT molecular complexity index is 564. The van der Waals surface area contributed by atoms with E-state index >= 15 is 0 Å². The van der Waals surface area contributed by atoms with E-state index in [2.05, 4.69) is 17.2 Å². The number of pyridine rings is 1. The molecule has 0 aliphatic heterocycles. The Morgan fingerprint density at radius 3 is 2.71 bits per heavy atom. The third-order valence-electron chi connectivity index (χ3n) is 3.45. The summed E-state index contributed by atoms with van der Waals surface area (Å²) in [7, 11) is 0. The van der Waals surface area contributed by atoms with Crippen molar-refractivity contribution in [3.63, 3.8) is 0 Å². The predicted octanol–water partition coefficient (Wildman–Crippen LogP) is 4.47. The summed E-state index contributed by atoms with van der Waals surface area (Å²) in [5.41, 5.74) is 2.57. The lowest BCUT2D eigenvalue weighted by atomic mass is 9.99. The standard InChI is InChI=1S/C17H20ClFN2/c1-3-9-20-17(13-8-7-12(2)21-11-13)10-14-15(18)5-4-6-16(14)19/h4-8,11,17,20H,3,9-10H2,1-2H3. The van der Waals surface area contributed by atoms with Crippen LogP contribution in [0.5, 0.6) is 0 Å². The first-order valence-electron chi connectivity index (χ1n) is 7.20. The number of nitrogens with one attached hydrogen (secondary N) is 1. The van der Waals surface area contributed by atoms with Crippen LogP contribution in [0.4, 0.5) is 4.39 Å². The van der Waals surface area contributed by atoms with Crippen molar-refractivity contribution in [1.29, 1.82) is 0 Å². The number of aryl methyl sites for hydroxylation is 1. The Kier molecular flexibility index (Phi) is 5.71. The smallest absolute Gasteiger partial charge is 0.127 e. The lowest BCUT2D eigenvalue weighted by molar-refractivity contribution is 0.512. The van der Waals surface area contributed by atoms with Gasteiger partial charge in [-0.05, 0) is 50.1 Å². The van der Waals surface area contributed by atoms with E-state index in [1.807, 2.05) is 25.3 Å². The Labute approximate surface area is 130 Å². The van der Waals surface area contributed by atoms with Crippen molar-refractivity contribution in [3.05, 3.63) is 64.2 Å². The fourth-order valence-corrected chi connectivity index (χ4v) is 2.48. The summed E-state index contributed by atoms with van der Waals surface area (Å²) in [5.74, 6) is -0.258. The zero-order valence-electron chi connectivity index (χ0n) is 12.4. The zero-order chi connectivity index (χ0) is 15.2. The minimum atomic E-state index is -0.258. The molecule has 0 spiro atoms. The second-order valence-electron chi connectivity index (χ2n) is 5.14. The van der Waals surface area contributed by atoms with Gasteiger partial charge in [0.2, 0.25) is 0 Å². The van der Waals surface area contributed by atoms with Crippen molar-refractivity contribution in [2.45, 2.75) is 32.7 Å². The second kappa shape index (κ2) is 7.53. The Morgan fingerprint density at radius 1 is 1.29 bits per heavy atom. The molecule has 2 aromatic rings. The zero-order valence-corrected chi connectivity index (χ0v) is 13.1. The highest BCUT2D eigenvalue weighted by molar-refractivity contribution is 6.31. The van der Waals surface area contributed by atoms with Gasteiger partial charge in [0, 0.05) is 28.5 Å². The Morgan fingerprint density at radius 2 is 2.10 bits per heavy atom. The molecule has 112 valence electrons. The first-order valence-corrected chi connectivity index (χ1v) is 7.58. The highest BCUT2D eigenvalue weighted by atomic mass is 35.5. The minimum absolute atomic E-state index is 0.00690. The van der Waals surface area contributed by atoms with E-state index in [0.29, 0.717) is 17.0 Å². The van der Waals surface area contributed by atoms with Gasteiger partial charge in [-0.15, -0.1) is 0 Å². The molecule has 0 amide bonds. The molecule has 21 heavy (non-hydrogen) atoms. The van der Waals surface area contributed by atoms with Crippen molar-refractivity contribution >= 4 is 11.6 Å². The van der Waals surface area contributed by atoms with Crippen molar-refractivity contribution < 1.29 is 4.39 Å². The van der Waals surface area contributed by atoms with Crippen LogP contribution in [-0.2, 0) is 6.42 Å². The van der Waals surface area contributed by atoms with E-state index in [0.717, 1.165) is 24.2 Å². The Hall–Kier alpha value is -1.45. The molecule has 1 unspecified atom stereocenters. The van der Waals surface area contributed by atoms with Gasteiger partial charge in [0.15, 0.2) is 0 Å². The van der Waals surface area contributed by atoms with Gasteiger partial charge >= 0.3 is 0 Å². The van der Waals surface area contributed by atoms with Crippen LogP contribution >= 0.6 is 11.6 Å². The van der Waals surface area contributed by atoms with Gasteiger partial charge < -0.3 is 5.32 Å². The van der Waals surface area contributed by atoms with Crippen molar-refractivity contribution in [2.75, 3.05) is 6.54 Å². The van der Waals surface area contributed by atoms with Gasteiger partial charge in [-0.25, -0.2) is 4.39 Å². The molecular weight excluding hydrogens is 287 g/mol. The first kappa shape index (κ1) is 15.9. The van der Waals surface area contributed by atoms with Crippen LogP contribution in [0, 0.1) is 12.7 Å². The fraction of sp³-hybridized carbons (Fsp3) is 0.353. The van der Waals surface area contributed by atoms with E-state index in [4.69, 9.17) is 11.6 Å². The number of hydrogen-bond donors (Lipinski definition) is 1. The second-order valence-corrected chi connectivity index (χ2v) is 5.55. The van der Waals surface area contributed by atoms with E-state index < -0.39 is 0 Å². The van der Waals surface area contributed by atoms with Crippen LogP contribution in [0.15, 0.2) is 36.5 Å². The normalized spacial score (nSPS) is 12.4. The molecule has 1 heterocycles. The molecule has 0 radical (unpaired) electrons. The van der Waals surface area contributed by atoms with Crippen LogP contribution in [-0.4, -0.2) is 11.5 Å². The predicted molar refractivity (Wildman–Crippen MR) is 85.1 cm³/mol. The lowest BCUT2D eigenvalue weighted by Crippen LogP contribution is -2.24.